The van der Waals surface area contributed by atoms with Crippen LogP contribution >= 0.6 is 11.3 Å². The summed E-state index contributed by atoms with van der Waals surface area (Å²) in [5.74, 6) is 0. The summed E-state index contributed by atoms with van der Waals surface area (Å²) in [4.78, 5) is 3.08. The monoisotopic (exact) mass is 286 g/mol. The third-order valence-corrected chi connectivity index (χ3v) is 3.98. The second-order valence-corrected chi connectivity index (χ2v) is 5.79. The summed E-state index contributed by atoms with van der Waals surface area (Å²) in [6.45, 7) is 5.85. The fourth-order valence-electron chi connectivity index (χ4n) is 1.60. The number of allylic oxidation sites excluding steroid dienone is 1. The number of thiophene rings is 1. The molecule has 0 aliphatic carbocycles. The number of nitrogen functional groups attached to an aromatic ring is 1. The van der Waals surface area contributed by atoms with Gasteiger partial charge in [-0.3, -0.25) is 0 Å². The van der Waals surface area contributed by atoms with Crippen LogP contribution < -0.4 is 10.6 Å². The summed E-state index contributed by atoms with van der Waals surface area (Å²) in [5.41, 5.74) is 9.48. The zero-order chi connectivity index (χ0) is 14.7. The van der Waals surface area contributed by atoms with Gasteiger partial charge in [-0.25, -0.2) is 0 Å². The van der Waals surface area contributed by atoms with Gasteiger partial charge in [-0.2, -0.15) is 0 Å². The number of rotatable bonds is 4. The van der Waals surface area contributed by atoms with Crippen molar-refractivity contribution in [3.63, 3.8) is 0 Å². The number of nitrogens with two attached hydrogens (primary N) is 1. The number of anilines is 2. The van der Waals surface area contributed by atoms with Crippen LogP contribution in [0.3, 0.4) is 0 Å². The van der Waals surface area contributed by atoms with Gasteiger partial charge in [0, 0.05) is 24.7 Å². The molecule has 0 atom stereocenters. The molecule has 1 aromatic heterocycles. The van der Waals surface area contributed by atoms with Gasteiger partial charge in [-0.1, -0.05) is 6.58 Å². The molecule has 20 heavy (non-hydrogen) atoms. The first kappa shape index (κ1) is 14.3. The van der Waals surface area contributed by atoms with Crippen molar-refractivity contribution in [3.8, 4) is 0 Å². The normalized spacial score (nSPS) is 10.9. The molecule has 2 aromatic rings. The van der Waals surface area contributed by atoms with E-state index in [4.69, 9.17) is 5.73 Å². The Balaban J connectivity index is 2.18. The number of azo groups is 1. The van der Waals surface area contributed by atoms with Crippen molar-refractivity contribution in [1.82, 2.24) is 0 Å². The topological polar surface area (TPSA) is 54.0 Å². The van der Waals surface area contributed by atoms with Crippen LogP contribution in [0.25, 0.3) is 5.57 Å². The van der Waals surface area contributed by atoms with E-state index in [0.29, 0.717) is 5.69 Å². The lowest BCUT2D eigenvalue weighted by Crippen LogP contribution is -2.07. The molecule has 2 rings (SSSR count). The minimum Gasteiger partial charge on any atom is -0.396 e. The lowest BCUT2D eigenvalue weighted by atomic mass is 10.3. The van der Waals surface area contributed by atoms with Crippen molar-refractivity contribution in [2.45, 2.75) is 6.92 Å². The molecule has 0 saturated heterocycles. The number of nitrogens with zero attached hydrogens (tertiary/aromatic N) is 3. The van der Waals surface area contributed by atoms with Gasteiger partial charge in [0.2, 0.25) is 0 Å². The third-order valence-electron chi connectivity index (χ3n) is 2.78. The van der Waals surface area contributed by atoms with Gasteiger partial charge in [0.25, 0.3) is 0 Å². The van der Waals surface area contributed by atoms with E-state index in [0.717, 1.165) is 26.8 Å². The van der Waals surface area contributed by atoms with Crippen LogP contribution in [0.5, 0.6) is 0 Å². The van der Waals surface area contributed by atoms with Crippen molar-refractivity contribution in [2.24, 2.45) is 10.2 Å². The Morgan fingerprint density at radius 1 is 1.20 bits per heavy atom. The highest BCUT2D eigenvalue weighted by molar-refractivity contribution is 7.17. The number of hydrogen-bond acceptors (Lipinski definition) is 5. The van der Waals surface area contributed by atoms with Gasteiger partial charge in [-0.15, -0.1) is 21.6 Å². The van der Waals surface area contributed by atoms with E-state index in [1.807, 2.05) is 56.3 Å². The first-order valence-corrected chi connectivity index (χ1v) is 7.03. The standard InChI is InChI=1S/C15H18N4S/c1-10(2)14-9-13(16)15(20-14)18-17-11-5-7-12(8-6-11)19(3)4/h5-9H,1,16H2,2-4H3. The average molecular weight is 286 g/mol. The highest BCUT2D eigenvalue weighted by Crippen LogP contribution is 2.37. The molecule has 0 aliphatic rings. The first-order chi connectivity index (χ1) is 9.47. The van der Waals surface area contributed by atoms with Crippen molar-refractivity contribution in [2.75, 3.05) is 24.7 Å². The van der Waals surface area contributed by atoms with Gasteiger partial charge < -0.3 is 10.6 Å². The third kappa shape index (κ3) is 3.24. The minimum atomic E-state index is 0.640. The summed E-state index contributed by atoms with van der Waals surface area (Å²) < 4.78 is 0. The molecule has 4 nitrogen and oxygen atoms in total. The summed E-state index contributed by atoms with van der Waals surface area (Å²) in [5, 5.41) is 9.16. The van der Waals surface area contributed by atoms with Crippen molar-refractivity contribution >= 4 is 39.0 Å². The number of hydrogen-bond donors (Lipinski definition) is 1. The van der Waals surface area contributed by atoms with E-state index < -0.39 is 0 Å². The van der Waals surface area contributed by atoms with Crippen LogP contribution in [0, 0.1) is 0 Å². The fourth-order valence-corrected chi connectivity index (χ4v) is 2.43. The Kier molecular flexibility index (Phi) is 4.20. The van der Waals surface area contributed by atoms with Gasteiger partial charge in [0.05, 0.1) is 11.4 Å². The molecular weight excluding hydrogens is 268 g/mol. The first-order valence-electron chi connectivity index (χ1n) is 6.21. The molecule has 104 valence electrons. The molecule has 0 amide bonds. The highest BCUT2D eigenvalue weighted by atomic mass is 32.1. The maximum atomic E-state index is 5.92. The van der Waals surface area contributed by atoms with Gasteiger partial charge in [0.1, 0.15) is 0 Å². The molecule has 2 N–H and O–H groups in total. The zero-order valence-electron chi connectivity index (χ0n) is 11.9. The highest BCUT2D eigenvalue weighted by Gasteiger charge is 2.06. The summed E-state index contributed by atoms with van der Waals surface area (Å²) >= 11 is 1.50. The molecular formula is C15H18N4S. The van der Waals surface area contributed by atoms with Crippen LogP contribution in [0.4, 0.5) is 22.1 Å². The van der Waals surface area contributed by atoms with Crippen LogP contribution in [-0.2, 0) is 0 Å². The summed E-state index contributed by atoms with van der Waals surface area (Å²) in [6, 6.07) is 9.76. The molecule has 5 heteroatoms. The van der Waals surface area contributed by atoms with E-state index in [1.54, 1.807) is 0 Å². The quantitative estimate of drug-likeness (QED) is 0.817. The Bertz CT molecular complexity index is 638. The van der Waals surface area contributed by atoms with Gasteiger partial charge in [-0.05, 0) is 42.8 Å². The Hall–Kier alpha value is -2.14. The van der Waals surface area contributed by atoms with Crippen molar-refractivity contribution < 1.29 is 0 Å². The van der Waals surface area contributed by atoms with E-state index in [1.165, 1.54) is 11.3 Å². The Labute approximate surface area is 123 Å². The predicted molar refractivity (Wildman–Crippen MR) is 88.4 cm³/mol. The van der Waals surface area contributed by atoms with Crippen molar-refractivity contribution in [3.05, 3.63) is 41.8 Å². The van der Waals surface area contributed by atoms with E-state index >= 15 is 0 Å². The molecule has 0 saturated carbocycles. The van der Waals surface area contributed by atoms with Gasteiger partial charge in [0.15, 0.2) is 5.00 Å². The molecule has 1 aromatic carbocycles. The van der Waals surface area contributed by atoms with E-state index in [-0.39, 0.29) is 0 Å². The minimum absolute atomic E-state index is 0.640. The maximum Gasteiger partial charge on any atom is 0.162 e. The van der Waals surface area contributed by atoms with Crippen molar-refractivity contribution in [1.29, 1.82) is 0 Å². The fraction of sp³-hybridized carbons (Fsp3) is 0.200. The lowest BCUT2D eigenvalue weighted by molar-refractivity contribution is 1.13. The van der Waals surface area contributed by atoms with E-state index in [9.17, 15) is 0 Å². The zero-order valence-corrected chi connectivity index (χ0v) is 12.7. The molecule has 0 bridgehead atoms. The molecule has 0 spiro atoms. The molecule has 0 unspecified atom stereocenters. The molecule has 1 heterocycles. The smallest absolute Gasteiger partial charge is 0.162 e. The Morgan fingerprint density at radius 2 is 1.85 bits per heavy atom. The largest absolute Gasteiger partial charge is 0.396 e. The molecule has 0 radical (unpaired) electrons. The van der Waals surface area contributed by atoms with Crippen LogP contribution in [0.15, 0.2) is 47.1 Å². The van der Waals surface area contributed by atoms with Gasteiger partial charge >= 0.3 is 0 Å². The SMILES string of the molecule is C=C(C)c1cc(N)c(N=Nc2ccc(N(C)C)cc2)s1. The second kappa shape index (κ2) is 5.88. The maximum absolute atomic E-state index is 5.92. The molecule has 0 fully saturated rings. The average Bonchev–Trinajstić information content (AvgIpc) is 2.78. The summed E-state index contributed by atoms with van der Waals surface area (Å²) in [7, 11) is 4.00. The number of benzene rings is 1. The second-order valence-electron chi connectivity index (χ2n) is 4.76. The molecule has 0 aliphatic heterocycles. The van der Waals surface area contributed by atoms with Crippen LogP contribution in [-0.4, -0.2) is 14.1 Å². The van der Waals surface area contributed by atoms with Crippen LogP contribution in [0.2, 0.25) is 0 Å². The Morgan fingerprint density at radius 3 is 2.35 bits per heavy atom. The summed E-state index contributed by atoms with van der Waals surface area (Å²) in [6.07, 6.45) is 0. The van der Waals surface area contributed by atoms with E-state index in [2.05, 4.69) is 16.8 Å². The van der Waals surface area contributed by atoms with Crippen LogP contribution in [0.1, 0.15) is 11.8 Å². The predicted octanol–water partition coefficient (Wildman–Crippen LogP) is 4.84. The lowest BCUT2D eigenvalue weighted by Gasteiger charge is -2.11.